The van der Waals surface area contributed by atoms with Gasteiger partial charge in [-0.3, -0.25) is 4.68 Å². The topological polar surface area (TPSA) is 33.1 Å². The van der Waals surface area contributed by atoms with Crippen LogP contribution in [0.15, 0.2) is 12.3 Å². The van der Waals surface area contributed by atoms with Crippen molar-refractivity contribution in [1.29, 1.82) is 0 Å². The highest BCUT2D eigenvalue weighted by molar-refractivity contribution is 5.06. The van der Waals surface area contributed by atoms with Crippen LogP contribution in [0.3, 0.4) is 0 Å². The summed E-state index contributed by atoms with van der Waals surface area (Å²) >= 11 is 0. The minimum Gasteiger partial charge on any atom is -0.309 e. The molecule has 1 N–H and O–H groups in total. The number of aryl methyl sites for hydroxylation is 1. The van der Waals surface area contributed by atoms with E-state index in [0.29, 0.717) is 6.04 Å². The van der Waals surface area contributed by atoms with Gasteiger partial charge in [0.15, 0.2) is 0 Å². The molecule has 1 aromatic heterocycles. The molecule has 0 aromatic carbocycles. The van der Waals surface area contributed by atoms with Crippen LogP contribution in [0.5, 0.6) is 0 Å². The van der Waals surface area contributed by atoms with Crippen molar-refractivity contribution in [3.05, 3.63) is 18.0 Å². The molecule has 1 aromatic rings. The molecule has 18 heavy (non-hydrogen) atoms. The summed E-state index contributed by atoms with van der Waals surface area (Å²) in [7, 11) is 2.02. The highest BCUT2D eigenvalue weighted by Crippen LogP contribution is 2.16. The standard InChI is InChI=1S/C14H28N4/c1-5-10-15-13(9-12-18(6-2)7-3)14-8-11-16-17(14)4/h8,11,13,15H,5-7,9-10,12H2,1-4H3. The first kappa shape index (κ1) is 15.2. The molecule has 104 valence electrons. The van der Waals surface area contributed by atoms with Gasteiger partial charge in [0.1, 0.15) is 0 Å². The van der Waals surface area contributed by atoms with E-state index in [1.807, 2.05) is 17.9 Å². The van der Waals surface area contributed by atoms with E-state index in [2.05, 4.69) is 42.2 Å². The van der Waals surface area contributed by atoms with Crippen molar-refractivity contribution in [2.75, 3.05) is 26.2 Å². The van der Waals surface area contributed by atoms with Gasteiger partial charge in [-0.2, -0.15) is 5.10 Å². The number of nitrogens with one attached hydrogen (secondary N) is 1. The molecule has 4 heteroatoms. The maximum absolute atomic E-state index is 4.28. The number of hydrogen-bond donors (Lipinski definition) is 1. The molecule has 0 aliphatic carbocycles. The molecule has 0 amide bonds. The first-order chi connectivity index (χ1) is 8.72. The number of rotatable bonds is 9. The molecule has 1 unspecified atom stereocenters. The van der Waals surface area contributed by atoms with Crippen molar-refractivity contribution in [3.8, 4) is 0 Å². The van der Waals surface area contributed by atoms with Crippen molar-refractivity contribution < 1.29 is 0 Å². The molecule has 0 saturated carbocycles. The first-order valence-corrected chi connectivity index (χ1v) is 7.16. The second kappa shape index (κ2) is 8.27. The van der Waals surface area contributed by atoms with E-state index in [9.17, 15) is 0 Å². The van der Waals surface area contributed by atoms with Crippen LogP contribution in [-0.4, -0.2) is 40.9 Å². The summed E-state index contributed by atoms with van der Waals surface area (Å²) in [6.45, 7) is 11.1. The molecule has 0 fully saturated rings. The fraction of sp³-hybridized carbons (Fsp3) is 0.786. The second-order valence-electron chi connectivity index (χ2n) is 4.70. The summed E-state index contributed by atoms with van der Waals surface area (Å²) in [6.07, 6.45) is 4.19. The summed E-state index contributed by atoms with van der Waals surface area (Å²) in [5, 5.41) is 7.90. The van der Waals surface area contributed by atoms with E-state index in [0.717, 1.165) is 32.6 Å². The predicted molar refractivity (Wildman–Crippen MR) is 76.6 cm³/mol. The van der Waals surface area contributed by atoms with Crippen LogP contribution in [0.25, 0.3) is 0 Å². The molecule has 1 heterocycles. The Bertz CT molecular complexity index is 317. The Hall–Kier alpha value is -0.870. The molecule has 0 radical (unpaired) electrons. The van der Waals surface area contributed by atoms with Crippen molar-refractivity contribution in [2.24, 2.45) is 7.05 Å². The Kier molecular flexibility index (Phi) is 6.98. The third-order valence-corrected chi connectivity index (χ3v) is 3.49. The van der Waals surface area contributed by atoms with E-state index in [1.165, 1.54) is 12.1 Å². The van der Waals surface area contributed by atoms with E-state index in [1.54, 1.807) is 0 Å². The van der Waals surface area contributed by atoms with E-state index >= 15 is 0 Å². The van der Waals surface area contributed by atoms with Crippen LogP contribution in [0.4, 0.5) is 0 Å². The van der Waals surface area contributed by atoms with Crippen LogP contribution in [-0.2, 0) is 7.05 Å². The van der Waals surface area contributed by atoms with Gasteiger partial charge in [-0.25, -0.2) is 0 Å². The molecule has 1 atom stereocenters. The monoisotopic (exact) mass is 252 g/mol. The Labute approximate surface area is 111 Å². The van der Waals surface area contributed by atoms with Crippen LogP contribution in [0, 0.1) is 0 Å². The van der Waals surface area contributed by atoms with Crippen LogP contribution < -0.4 is 5.32 Å². The van der Waals surface area contributed by atoms with Gasteiger partial charge in [0.05, 0.1) is 11.7 Å². The van der Waals surface area contributed by atoms with Crippen molar-refractivity contribution in [2.45, 2.75) is 39.7 Å². The Morgan fingerprint density at radius 2 is 2.06 bits per heavy atom. The fourth-order valence-corrected chi connectivity index (χ4v) is 2.25. The Morgan fingerprint density at radius 3 is 2.56 bits per heavy atom. The zero-order valence-electron chi connectivity index (χ0n) is 12.3. The van der Waals surface area contributed by atoms with Gasteiger partial charge in [0, 0.05) is 13.2 Å². The summed E-state index contributed by atoms with van der Waals surface area (Å²) < 4.78 is 1.98. The summed E-state index contributed by atoms with van der Waals surface area (Å²) in [4.78, 5) is 2.47. The number of hydrogen-bond acceptors (Lipinski definition) is 3. The molecule has 0 saturated heterocycles. The molecule has 0 aliphatic heterocycles. The lowest BCUT2D eigenvalue weighted by molar-refractivity contribution is 0.279. The number of nitrogens with zero attached hydrogens (tertiary/aromatic N) is 3. The molecule has 0 aliphatic rings. The zero-order valence-corrected chi connectivity index (χ0v) is 12.3. The summed E-state index contributed by atoms with van der Waals surface area (Å²) in [5.74, 6) is 0. The lowest BCUT2D eigenvalue weighted by atomic mass is 10.1. The highest BCUT2D eigenvalue weighted by atomic mass is 15.3. The summed E-state index contributed by atoms with van der Waals surface area (Å²) in [6, 6.07) is 2.54. The maximum atomic E-state index is 4.28. The SMILES string of the molecule is CCCNC(CCN(CC)CC)c1ccnn1C. The van der Waals surface area contributed by atoms with Gasteiger partial charge < -0.3 is 10.2 Å². The molecular weight excluding hydrogens is 224 g/mol. The Balaban J connectivity index is 2.59. The van der Waals surface area contributed by atoms with Gasteiger partial charge in [-0.05, 0) is 45.1 Å². The van der Waals surface area contributed by atoms with Crippen LogP contribution in [0.1, 0.15) is 45.3 Å². The predicted octanol–water partition coefficient (Wildman–Crippen LogP) is 2.19. The minimum atomic E-state index is 0.415. The quantitative estimate of drug-likeness (QED) is 0.731. The van der Waals surface area contributed by atoms with E-state index in [-0.39, 0.29) is 0 Å². The van der Waals surface area contributed by atoms with Crippen molar-refractivity contribution in [3.63, 3.8) is 0 Å². The first-order valence-electron chi connectivity index (χ1n) is 7.16. The van der Waals surface area contributed by atoms with Crippen LogP contribution in [0.2, 0.25) is 0 Å². The lowest BCUT2D eigenvalue weighted by Crippen LogP contribution is -2.30. The minimum absolute atomic E-state index is 0.415. The summed E-state index contributed by atoms with van der Waals surface area (Å²) in [5.41, 5.74) is 1.29. The average molecular weight is 252 g/mol. The zero-order chi connectivity index (χ0) is 13.4. The fourth-order valence-electron chi connectivity index (χ4n) is 2.25. The largest absolute Gasteiger partial charge is 0.309 e. The van der Waals surface area contributed by atoms with Gasteiger partial charge in [-0.1, -0.05) is 20.8 Å². The van der Waals surface area contributed by atoms with Gasteiger partial charge in [-0.15, -0.1) is 0 Å². The van der Waals surface area contributed by atoms with Crippen molar-refractivity contribution in [1.82, 2.24) is 20.0 Å². The average Bonchev–Trinajstić information content (AvgIpc) is 2.80. The van der Waals surface area contributed by atoms with Crippen LogP contribution >= 0.6 is 0 Å². The Morgan fingerprint density at radius 1 is 1.33 bits per heavy atom. The molecular formula is C14H28N4. The third-order valence-electron chi connectivity index (χ3n) is 3.49. The molecule has 4 nitrogen and oxygen atoms in total. The van der Waals surface area contributed by atoms with E-state index < -0.39 is 0 Å². The van der Waals surface area contributed by atoms with E-state index in [4.69, 9.17) is 0 Å². The molecule has 1 rings (SSSR count). The smallest absolute Gasteiger partial charge is 0.0550 e. The molecule has 0 bridgehead atoms. The normalized spacial score (nSPS) is 13.2. The van der Waals surface area contributed by atoms with Gasteiger partial charge >= 0.3 is 0 Å². The van der Waals surface area contributed by atoms with Crippen molar-refractivity contribution >= 4 is 0 Å². The highest BCUT2D eigenvalue weighted by Gasteiger charge is 2.14. The second-order valence-corrected chi connectivity index (χ2v) is 4.70. The van der Waals surface area contributed by atoms with Gasteiger partial charge in [0.25, 0.3) is 0 Å². The third kappa shape index (κ3) is 4.42. The molecule has 0 spiro atoms. The maximum Gasteiger partial charge on any atom is 0.0550 e. The number of aromatic nitrogens is 2. The lowest BCUT2D eigenvalue weighted by Gasteiger charge is -2.23. The van der Waals surface area contributed by atoms with Gasteiger partial charge in [0.2, 0.25) is 0 Å².